The first-order valence-corrected chi connectivity index (χ1v) is 6.57. The maximum atomic E-state index is 12.2. The van der Waals surface area contributed by atoms with E-state index in [1.807, 2.05) is 0 Å². The van der Waals surface area contributed by atoms with Crippen molar-refractivity contribution in [2.75, 3.05) is 12.9 Å². The summed E-state index contributed by atoms with van der Waals surface area (Å²) < 4.78 is 37.6. The number of hydrogen-bond donors (Lipinski definition) is 0. The van der Waals surface area contributed by atoms with Gasteiger partial charge in [0.15, 0.2) is 5.78 Å². The van der Waals surface area contributed by atoms with E-state index in [-0.39, 0.29) is 18.6 Å². The van der Waals surface area contributed by atoms with Gasteiger partial charge in [-0.05, 0) is 30.7 Å². The minimum absolute atomic E-state index is 0.00940. The van der Waals surface area contributed by atoms with Gasteiger partial charge in [0.25, 0.3) is 0 Å². The van der Waals surface area contributed by atoms with E-state index < -0.39 is 16.0 Å². The minimum Gasteiger partial charge on any atom is -0.497 e. The second kappa shape index (κ2) is 5.77. The van der Waals surface area contributed by atoms with Crippen molar-refractivity contribution < 1.29 is 21.8 Å². The number of ketones is 1. The molecule has 94 valence electrons. The average Bonchev–Trinajstić information content (AvgIpc) is 2.27. The molecule has 0 aliphatic heterocycles. The molecular weight excluding hydrogens is 247 g/mol. The van der Waals surface area contributed by atoms with Gasteiger partial charge in [0, 0.05) is 12.0 Å². The summed E-state index contributed by atoms with van der Waals surface area (Å²) in [6.45, 7) is 0. The number of ether oxygens (including phenoxy) is 1. The van der Waals surface area contributed by atoms with E-state index in [0.717, 1.165) is 0 Å². The van der Waals surface area contributed by atoms with Crippen LogP contribution in [0.25, 0.3) is 0 Å². The zero-order chi connectivity index (χ0) is 12.9. The molecule has 6 heteroatoms. The van der Waals surface area contributed by atoms with Crippen LogP contribution in [0.4, 0.5) is 3.89 Å². The molecule has 0 spiro atoms. The predicted octanol–water partition coefficient (Wildman–Crippen LogP) is 1.96. The maximum absolute atomic E-state index is 12.2. The molecule has 0 N–H and O–H groups in total. The molecule has 0 saturated carbocycles. The minimum atomic E-state index is -4.48. The monoisotopic (exact) mass is 260 g/mol. The molecule has 0 unspecified atom stereocenters. The lowest BCUT2D eigenvalue weighted by atomic mass is 10.1. The molecule has 0 aliphatic carbocycles. The second-order valence-corrected chi connectivity index (χ2v) is 4.98. The van der Waals surface area contributed by atoms with Gasteiger partial charge in [-0.15, -0.1) is 3.89 Å². The Morgan fingerprint density at radius 1 is 1.29 bits per heavy atom. The van der Waals surface area contributed by atoms with Crippen molar-refractivity contribution >= 4 is 16.0 Å². The molecular formula is C11H13FO4S. The van der Waals surface area contributed by atoms with E-state index >= 15 is 0 Å². The molecule has 4 nitrogen and oxygen atoms in total. The van der Waals surface area contributed by atoms with E-state index in [1.165, 1.54) is 7.11 Å². The number of carbonyl (C=O) groups excluding carboxylic acids is 1. The van der Waals surface area contributed by atoms with Crippen LogP contribution in [0.1, 0.15) is 23.2 Å². The fourth-order valence-electron chi connectivity index (χ4n) is 1.33. The van der Waals surface area contributed by atoms with Crippen LogP contribution in [0, 0.1) is 0 Å². The van der Waals surface area contributed by atoms with Crippen LogP contribution in [-0.2, 0) is 10.2 Å². The Kier molecular flexibility index (Phi) is 4.62. The highest BCUT2D eigenvalue weighted by molar-refractivity contribution is 7.86. The molecule has 0 aliphatic rings. The molecule has 0 atom stereocenters. The SMILES string of the molecule is COc1ccc(C(=O)CCCS(=O)(=O)F)cc1. The third-order valence-corrected chi connectivity index (χ3v) is 2.98. The van der Waals surface area contributed by atoms with Gasteiger partial charge in [-0.2, -0.15) is 8.42 Å². The Hall–Kier alpha value is -1.43. The average molecular weight is 260 g/mol. The van der Waals surface area contributed by atoms with Crippen LogP contribution in [0.5, 0.6) is 5.75 Å². The Morgan fingerprint density at radius 2 is 1.88 bits per heavy atom. The third-order valence-electron chi connectivity index (χ3n) is 2.20. The Labute approximate surface area is 99.6 Å². The van der Waals surface area contributed by atoms with Crippen molar-refractivity contribution in [2.45, 2.75) is 12.8 Å². The Balaban J connectivity index is 2.52. The van der Waals surface area contributed by atoms with Gasteiger partial charge in [-0.25, -0.2) is 0 Å². The molecule has 1 rings (SSSR count). The summed E-state index contributed by atoms with van der Waals surface area (Å²) >= 11 is 0. The zero-order valence-corrected chi connectivity index (χ0v) is 10.2. The number of halogens is 1. The summed E-state index contributed by atoms with van der Waals surface area (Å²) in [6, 6.07) is 6.45. The van der Waals surface area contributed by atoms with Crippen LogP contribution in [0.3, 0.4) is 0 Å². The van der Waals surface area contributed by atoms with Crippen molar-refractivity contribution in [3.63, 3.8) is 0 Å². The van der Waals surface area contributed by atoms with Crippen molar-refractivity contribution in [3.8, 4) is 5.75 Å². The largest absolute Gasteiger partial charge is 0.497 e. The van der Waals surface area contributed by atoms with E-state index in [0.29, 0.717) is 11.3 Å². The van der Waals surface area contributed by atoms with Gasteiger partial charge in [0.1, 0.15) is 5.75 Å². The zero-order valence-electron chi connectivity index (χ0n) is 9.35. The predicted molar refractivity (Wildman–Crippen MR) is 61.5 cm³/mol. The normalized spacial score (nSPS) is 11.2. The number of Topliss-reactive ketones (excluding diaryl/α,β-unsaturated/α-hetero) is 1. The lowest BCUT2D eigenvalue weighted by Gasteiger charge is -2.02. The smallest absolute Gasteiger partial charge is 0.302 e. The fraction of sp³-hybridized carbons (Fsp3) is 0.364. The topological polar surface area (TPSA) is 60.4 Å². The highest BCUT2D eigenvalue weighted by atomic mass is 32.3. The molecule has 1 aromatic rings. The highest BCUT2D eigenvalue weighted by Gasteiger charge is 2.10. The summed E-state index contributed by atoms with van der Waals surface area (Å²) in [5.74, 6) is -0.196. The number of carbonyl (C=O) groups is 1. The van der Waals surface area contributed by atoms with Crippen molar-refractivity contribution in [2.24, 2.45) is 0 Å². The Morgan fingerprint density at radius 3 is 2.35 bits per heavy atom. The quantitative estimate of drug-likeness (QED) is 0.579. The molecule has 0 amide bonds. The lowest BCUT2D eigenvalue weighted by molar-refractivity contribution is 0.0982. The fourth-order valence-corrected chi connectivity index (χ4v) is 1.82. The maximum Gasteiger partial charge on any atom is 0.302 e. The van der Waals surface area contributed by atoms with Crippen molar-refractivity contribution in [3.05, 3.63) is 29.8 Å². The molecule has 0 radical (unpaired) electrons. The first-order valence-electron chi connectivity index (χ1n) is 5.02. The third kappa shape index (κ3) is 4.95. The standard InChI is InChI=1S/C11H13FO4S/c1-16-10-6-4-9(5-7-10)11(13)3-2-8-17(12,14)15/h4-7H,2-3,8H2,1H3. The van der Waals surface area contributed by atoms with Gasteiger partial charge < -0.3 is 4.74 Å². The van der Waals surface area contributed by atoms with Gasteiger partial charge in [-0.1, -0.05) is 0 Å². The second-order valence-electron chi connectivity index (χ2n) is 3.50. The van der Waals surface area contributed by atoms with Crippen molar-refractivity contribution in [1.82, 2.24) is 0 Å². The van der Waals surface area contributed by atoms with E-state index in [9.17, 15) is 17.1 Å². The number of hydrogen-bond acceptors (Lipinski definition) is 4. The highest BCUT2D eigenvalue weighted by Crippen LogP contribution is 2.13. The van der Waals surface area contributed by atoms with Crippen LogP contribution in [-0.4, -0.2) is 27.1 Å². The van der Waals surface area contributed by atoms with E-state index in [4.69, 9.17) is 4.74 Å². The van der Waals surface area contributed by atoms with Gasteiger partial charge >= 0.3 is 10.2 Å². The van der Waals surface area contributed by atoms with Gasteiger partial charge in [-0.3, -0.25) is 4.79 Å². The van der Waals surface area contributed by atoms with Crippen LogP contribution in [0.15, 0.2) is 24.3 Å². The van der Waals surface area contributed by atoms with Crippen LogP contribution < -0.4 is 4.74 Å². The van der Waals surface area contributed by atoms with Gasteiger partial charge in [0.05, 0.1) is 12.9 Å². The van der Waals surface area contributed by atoms with E-state index in [1.54, 1.807) is 24.3 Å². The number of methoxy groups -OCH3 is 1. The molecule has 17 heavy (non-hydrogen) atoms. The molecule has 0 bridgehead atoms. The Bertz CT molecular complexity index is 479. The summed E-state index contributed by atoms with van der Waals surface area (Å²) in [5, 5.41) is 0. The number of benzene rings is 1. The molecule has 1 aromatic carbocycles. The molecule has 0 aromatic heterocycles. The van der Waals surface area contributed by atoms with Crippen molar-refractivity contribution in [1.29, 1.82) is 0 Å². The number of rotatable bonds is 6. The summed E-state index contributed by atoms with van der Waals surface area (Å²) in [6.07, 6.45) is -0.000819. The summed E-state index contributed by atoms with van der Waals surface area (Å²) in [7, 11) is -2.97. The lowest BCUT2D eigenvalue weighted by Crippen LogP contribution is -2.04. The molecule has 0 saturated heterocycles. The summed E-state index contributed by atoms with van der Waals surface area (Å²) in [4.78, 5) is 11.6. The first-order chi connectivity index (χ1) is 7.92. The molecule has 0 fully saturated rings. The van der Waals surface area contributed by atoms with Crippen LogP contribution >= 0.6 is 0 Å². The molecule has 0 heterocycles. The van der Waals surface area contributed by atoms with Crippen LogP contribution in [0.2, 0.25) is 0 Å². The van der Waals surface area contributed by atoms with E-state index in [2.05, 4.69) is 0 Å². The first kappa shape index (κ1) is 13.6. The van der Waals surface area contributed by atoms with Gasteiger partial charge in [0.2, 0.25) is 0 Å². The summed E-state index contributed by atoms with van der Waals surface area (Å²) in [5.41, 5.74) is 0.460.